The van der Waals surface area contributed by atoms with Crippen molar-refractivity contribution >= 4 is 24.0 Å². The molecule has 0 fully saturated rings. The van der Waals surface area contributed by atoms with E-state index in [1.807, 2.05) is 13.8 Å². The summed E-state index contributed by atoms with van der Waals surface area (Å²) >= 11 is 0. The third-order valence-corrected chi connectivity index (χ3v) is 2.21. The molecule has 0 spiro atoms. The molecular weight excluding hydrogens is 226 g/mol. The van der Waals surface area contributed by atoms with E-state index in [1.54, 1.807) is 18.3 Å². The topological polar surface area (TPSA) is 68.0 Å². The first-order valence-corrected chi connectivity index (χ1v) is 5.11. The highest BCUT2D eigenvalue weighted by molar-refractivity contribution is 5.85. The number of nitrogens with two attached hydrogens (primary N) is 1. The van der Waals surface area contributed by atoms with Crippen LogP contribution in [0.4, 0.5) is 5.69 Å². The van der Waals surface area contributed by atoms with E-state index in [4.69, 9.17) is 5.73 Å². The van der Waals surface area contributed by atoms with E-state index in [2.05, 4.69) is 10.3 Å². The number of nitrogen functional groups attached to an aromatic ring is 1. The number of halogens is 1. The van der Waals surface area contributed by atoms with Gasteiger partial charge in [-0.05, 0) is 25.5 Å². The summed E-state index contributed by atoms with van der Waals surface area (Å²) in [5.74, 6) is 0.00150. The Hall–Kier alpha value is -1.29. The Labute approximate surface area is 102 Å². The second-order valence-corrected chi connectivity index (χ2v) is 3.64. The van der Waals surface area contributed by atoms with Crippen LogP contribution >= 0.6 is 12.4 Å². The van der Waals surface area contributed by atoms with Gasteiger partial charge in [0.25, 0.3) is 0 Å². The fourth-order valence-corrected chi connectivity index (χ4v) is 1.13. The van der Waals surface area contributed by atoms with Crippen LogP contribution in [0.1, 0.15) is 26.0 Å². The summed E-state index contributed by atoms with van der Waals surface area (Å²) in [5, 5.41) is 2.88. The van der Waals surface area contributed by atoms with Crippen LogP contribution in [-0.4, -0.2) is 16.9 Å². The van der Waals surface area contributed by atoms with Gasteiger partial charge in [0.2, 0.25) is 5.91 Å². The van der Waals surface area contributed by atoms with Gasteiger partial charge in [-0.25, -0.2) is 0 Å². The Bertz CT molecular complexity index is 327. The molecule has 3 N–H and O–H groups in total. The maximum atomic E-state index is 11.5. The number of anilines is 1. The number of pyridine rings is 1. The number of rotatable bonds is 4. The van der Waals surface area contributed by atoms with Crippen LogP contribution in [0, 0.1) is 0 Å². The van der Waals surface area contributed by atoms with Crippen LogP contribution in [0.15, 0.2) is 18.3 Å². The molecule has 0 radical (unpaired) electrons. The molecule has 0 aromatic carbocycles. The Balaban J connectivity index is 0.00000225. The van der Waals surface area contributed by atoms with Crippen LogP contribution in [0.25, 0.3) is 0 Å². The third kappa shape index (κ3) is 4.98. The van der Waals surface area contributed by atoms with Crippen LogP contribution in [0.2, 0.25) is 0 Å². The predicted octanol–water partition coefficient (Wildman–Crippen LogP) is 1.54. The molecule has 5 heteroatoms. The monoisotopic (exact) mass is 243 g/mol. The van der Waals surface area contributed by atoms with Gasteiger partial charge in [-0.1, -0.05) is 6.92 Å². The predicted molar refractivity (Wildman–Crippen MR) is 67.5 cm³/mol. The fraction of sp³-hybridized carbons (Fsp3) is 0.455. The SMILES string of the molecule is CCC(C)NC(=O)Cc1ccc(N)cn1.Cl. The molecule has 1 aromatic rings. The van der Waals surface area contributed by atoms with Crippen molar-refractivity contribution in [3.8, 4) is 0 Å². The second-order valence-electron chi connectivity index (χ2n) is 3.64. The van der Waals surface area contributed by atoms with Gasteiger partial charge in [-0.2, -0.15) is 0 Å². The quantitative estimate of drug-likeness (QED) is 0.843. The van der Waals surface area contributed by atoms with E-state index in [1.165, 1.54) is 0 Å². The molecule has 0 saturated carbocycles. The largest absolute Gasteiger partial charge is 0.397 e. The average Bonchev–Trinajstić information content (AvgIpc) is 2.21. The van der Waals surface area contributed by atoms with Gasteiger partial charge in [0.1, 0.15) is 0 Å². The highest BCUT2D eigenvalue weighted by atomic mass is 35.5. The van der Waals surface area contributed by atoms with E-state index in [9.17, 15) is 4.79 Å². The Kier molecular flexibility index (Phi) is 6.49. The molecule has 16 heavy (non-hydrogen) atoms. The van der Waals surface area contributed by atoms with Gasteiger partial charge in [0, 0.05) is 11.7 Å². The summed E-state index contributed by atoms with van der Waals surface area (Å²) in [7, 11) is 0. The van der Waals surface area contributed by atoms with Crippen LogP contribution in [0.5, 0.6) is 0 Å². The molecule has 0 aliphatic heterocycles. The molecule has 1 rings (SSSR count). The van der Waals surface area contributed by atoms with E-state index in [0.29, 0.717) is 12.1 Å². The molecule has 1 aromatic heterocycles. The summed E-state index contributed by atoms with van der Waals surface area (Å²) in [4.78, 5) is 15.5. The Morgan fingerprint density at radius 1 is 1.56 bits per heavy atom. The van der Waals surface area contributed by atoms with Crippen molar-refractivity contribution < 1.29 is 4.79 Å². The molecule has 0 bridgehead atoms. The first-order chi connectivity index (χ1) is 7.11. The van der Waals surface area contributed by atoms with Crippen LogP contribution in [-0.2, 0) is 11.2 Å². The maximum Gasteiger partial charge on any atom is 0.226 e. The molecule has 1 heterocycles. The molecule has 1 atom stereocenters. The number of hydrogen-bond acceptors (Lipinski definition) is 3. The van der Waals surface area contributed by atoms with Gasteiger partial charge in [-0.15, -0.1) is 12.4 Å². The fourth-order valence-electron chi connectivity index (χ4n) is 1.13. The summed E-state index contributed by atoms with van der Waals surface area (Å²) < 4.78 is 0. The van der Waals surface area contributed by atoms with Gasteiger partial charge < -0.3 is 11.1 Å². The minimum atomic E-state index is 0. The number of carbonyl (C=O) groups is 1. The van der Waals surface area contributed by atoms with Crippen molar-refractivity contribution in [3.05, 3.63) is 24.0 Å². The summed E-state index contributed by atoms with van der Waals surface area (Å²) in [5.41, 5.74) is 6.85. The molecule has 1 amide bonds. The zero-order chi connectivity index (χ0) is 11.3. The molecule has 0 aliphatic rings. The van der Waals surface area contributed by atoms with E-state index >= 15 is 0 Å². The van der Waals surface area contributed by atoms with Crippen molar-refractivity contribution in [2.75, 3.05) is 5.73 Å². The van der Waals surface area contributed by atoms with Crippen LogP contribution in [0.3, 0.4) is 0 Å². The molecular formula is C11H18ClN3O. The van der Waals surface area contributed by atoms with Crippen molar-refractivity contribution in [2.45, 2.75) is 32.7 Å². The lowest BCUT2D eigenvalue weighted by atomic mass is 10.2. The van der Waals surface area contributed by atoms with Crippen molar-refractivity contribution in [1.82, 2.24) is 10.3 Å². The summed E-state index contributed by atoms with van der Waals surface area (Å²) in [6.45, 7) is 4.01. The molecule has 0 saturated heterocycles. The summed E-state index contributed by atoms with van der Waals surface area (Å²) in [6.07, 6.45) is 2.80. The number of hydrogen-bond donors (Lipinski definition) is 2. The smallest absolute Gasteiger partial charge is 0.226 e. The van der Waals surface area contributed by atoms with Crippen LogP contribution < -0.4 is 11.1 Å². The van der Waals surface area contributed by atoms with Crippen molar-refractivity contribution in [2.24, 2.45) is 0 Å². The number of nitrogens with one attached hydrogen (secondary N) is 1. The van der Waals surface area contributed by atoms with Crippen molar-refractivity contribution in [1.29, 1.82) is 0 Å². The van der Waals surface area contributed by atoms with Gasteiger partial charge >= 0.3 is 0 Å². The second kappa shape index (κ2) is 7.06. The number of aromatic nitrogens is 1. The average molecular weight is 244 g/mol. The zero-order valence-corrected chi connectivity index (χ0v) is 10.4. The van der Waals surface area contributed by atoms with E-state index < -0.39 is 0 Å². The number of nitrogens with zero attached hydrogens (tertiary/aromatic N) is 1. The van der Waals surface area contributed by atoms with E-state index in [-0.39, 0.29) is 24.4 Å². The maximum absolute atomic E-state index is 11.5. The standard InChI is InChI=1S/C11H17N3O.ClH/c1-3-8(2)14-11(15)6-10-5-4-9(12)7-13-10;/h4-5,7-8H,3,6,12H2,1-2H3,(H,14,15);1H. The first-order valence-electron chi connectivity index (χ1n) is 5.11. The minimum Gasteiger partial charge on any atom is -0.397 e. The van der Waals surface area contributed by atoms with Gasteiger partial charge in [0.15, 0.2) is 0 Å². The summed E-state index contributed by atoms with van der Waals surface area (Å²) in [6, 6.07) is 3.73. The lowest BCUT2D eigenvalue weighted by Gasteiger charge is -2.10. The molecule has 4 nitrogen and oxygen atoms in total. The Morgan fingerprint density at radius 2 is 2.25 bits per heavy atom. The highest BCUT2D eigenvalue weighted by Crippen LogP contribution is 2.02. The highest BCUT2D eigenvalue weighted by Gasteiger charge is 2.06. The van der Waals surface area contributed by atoms with Gasteiger partial charge in [-0.3, -0.25) is 9.78 Å². The molecule has 90 valence electrons. The van der Waals surface area contributed by atoms with E-state index in [0.717, 1.165) is 12.1 Å². The normalized spacial score (nSPS) is 11.4. The molecule has 0 aliphatic carbocycles. The minimum absolute atomic E-state index is 0. The molecule has 1 unspecified atom stereocenters. The third-order valence-electron chi connectivity index (χ3n) is 2.21. The number of amides is 1. The lowest BCUT2D eigenvalue weighted by molar-refractivity contribution is -0.121. The lowest BCUT2D eigenvalue weighted by Crippen LogP contribution is -2.33. The first kappa shape index (κ1) is 14.7. The Morgan fingerprint density at radius 3 is 2.75 bits per heavy atom. The van der Waals surface area contributed by atoms with Crippen molar-refractivity contribution in [3.63, 3.8) is 0 Å². The zero-order valence-electron chi connectivity index (χ0n) is 9.56. The van der Waals surface area contributed by atoms with Gasteiger partial charge in [0.05, 0.1) is 18.3 Å². The number of carbonyl (C=O) groups excluding carboxylic acids is 1.